The van der Waals surface area contributed by atoms with Gasteiger partial charge >= 0.3 is 17.7 Å². The first kappa shape index (κ1) is 14.6. The third-order valence-electron chi connectivity index (χ3n) is 3.28. The van der Waals surface area contributed by atoms with Crippen LogP contribution in [0.5, 0.6) is 0 Å². The van der Waals surface area contributed by atoms with Gasteiger partial charge in [-0.05, 0) is 30.3 Å². The number of oxazole rings is 1. The van der Waals surface area contributed by atoms with Gasteiger partial charge in [0.2, 0.25) is 5.76 Å². The molecule has 0 bridgehead atoms. The highest BCUT2D eigenvalue weighted by atomic mass is 16.5. The number of hydrogen-bond donors (Lipinski definition) is 1. The van der Waals surface area contributed by atoms with Gasteiger partial charge in [0.1, 0.15) is 5.76 Å². The second kappa shape index (κ2) is 5.48. The Morgan fingerprint density at radius 1 is 1.22 bits per heavy atom. The van der Waals surface area contributed by atoms with Crippen molar-refractivity contribution in [1.29, 1.82) is 0 Å². The molecule has 2 heterocycles. The maximum atomic E-state index is 12.0. The van der Waals surface area contributed by atoms with Crippen LogP contribution in [0.4, 0.5) is 0 Å². The van der Waals surface area contributed by atoms with Crippen LogP contribution < -0.4 is 5.76 Å². The summed E-state index contributed by atoms with van der Waals surface area (Å²) in [4.78, 5) is 34.2. The van der Waals surface area contributed by atoms with Crippen LogP contribution in [0.3, 0.4) is 0 Å². The van der Waals surface area contributed by atoms with E-state index in [1.54, 1.807) is 6.07 Å². The first-order chi connectivity index (χ1) is 11.0. The van der Waals surface area contributed by atoms with Crippen molar-refractivity contribution in [3.63, 3.8) is 0 Å². The maximum absolute atomic E-state index is 12.0. The Kier molecular flexibility index (Phi) is 3.49. The van der Waals surface area contributed by atoms with Gasteiger partial charge in [-0.3, -0.25) is 4.57 Å². The second-order valence-corrected chi connectivity index (χ2v) is 4.70. The second-order valence-electron chi connectivity index (χ2n) is 4.70. The number of carboxylic acid groups (broad SMARTS) is 1. The molecule has 0 saturated carbocycles. The number of carbonyl (C=O) groups excluding carboxylic acids is 1. The van der Waals surface area contributed by atoms with E-state index in [0.29, 0.717) is 11.3 Å². The monoisotopic (exact) mass is 317 g/mol. The average Bonchev–Trinajstić information content (AvgIpc) is 3.12. The van der Waals surface area contributed by atoms with Crippen molar-refractivity contribution in [3.05, 3.63) is 58.0 Å². The number of carboxylic acids is 1. The largest absolute Gasteiger partial charge is 0.475 e. The Morgan fingerprint density at radius 2 is 2.00 bits per heavy atom. The molecule has 23 heavy (non-hydrogen) atoms. The first-order valence-corrected chi connectivity index (χ1v) is 6.53. The third kappa shape index (κ3) is 2.61. The van der Waals surface area contributed by atoms with Gasteiger partial charge in [0.05, 0.1) is 24.7 Å². The number of esters is 1. The van der Waals surface area contributed by atoms with Gasteiger partial charge in [-0.1, -0.05) is 0 Å². The Balaban J connectivity index is 2.00. The Hall–Kier alpha value is -3.29. The highest BCUT2D eigenvalue weighted by Crippen LogP contribution is 2.18. The molecular formula is C15H11NO7. The van der Waals surface area contributed by atoms with Gasteiger partial charge in [-0.25, -0.2) is 14.4 Å². The maximum Gasteiger partial charge on any atom is 0.420 e. The number of carbonyl (C=O) groups is 2. The topological polar surface area (TPSA) is 112 Å². The summed E-state index contributed by atoms with van der Waals surface area (Å²) in [6.07, 6.45) is 0. The Morgan fingerprint density at radius 3 is 2.65 bits per heavy atom. The molecule has 1 aromatic carbocycles. The van der Waals surface area contributed by atoms with Crippen molar-refractivity contribution < 1.29 is 28.3 Å². The summed E-state index contributed by atoms with van der Waals surface area (Å²) in [6, 6.07) is 7.24. The normalized spacial score (nSPS) is 10.8. The number of aromatic carboxylic acids is 1. The Labute approximate surface area is 128 Å². The molecule has 0 unspecified atom stereocenters. The van der Waals surface area contributed by atoms with E-state index in [0.717, 1.165) is 0 Å². The third-order valence-corrected chi connectivity index (χ3v) is 3.28. The van der Waals surface area contributed by atoms with E-state index in [4.69, 9.17) is 13.9 Å². The van der Waals surface area contributed by atoms with E-state index in [1.165, 1.54) is 35.9 Å². The molecule has 118 valence electrons. The SMILES string of the molecule is COC(=O)c1ccc2c(c1)oc(=O)n2Cc1ccc(C(=O)O)o1. The molecule has 3 aromatic rings. The van der Waals surface area contributed by atoms with Gasteiger partial charge in [0.25, 0.3) is 0 Å². The number of methoxy groups -OCH3 is 1. The lowest BCUT2D eigenvalue weighted by Gasteiger charge is -2.01. The minimum Gasteiger partial charge on any atom is -0.475 e. The van der Waals surface area contributed by atoms with E-state index in [1.807, 2.05) is 0 Å². The molecule has 0 fully saturated rings. The quantitative estimate of drug-likeness (QED) is 0.729. The number of furan rings is 1. The standard InChI is InChI=1S/C15H11NO7/c1-21-14(19)8-2-4-10-12(6-8)23-15(20)16(10)7-9-3-5-11(22-9)13(17)18/h2-6H,7H2,1H3,(H,17,18). The summed E-state index contributed by atoms with van der Waals surface area (Å²) in [5, 5.41) is 8.83. The number of hydrogen-bond acceptors (Lipinski definition) is 6. The molecule has 0 amide bonds. The zero-order valence-electron chi connectivity index (χ0n) is 11.9. The predicted molar refractivity (Wildman–Crippen MR) is 76.6 cm³/mol. The molecule has 0 atom stereocenters. The van der Waals surface area contributed by atoms with Crippen LogP contribution >= 0.6 is 0 Å². The molecule has 0 aliphatic carbocycles. The zero-order chi connectivity index (χ0) is 16.6. The van der Waals surface area contributed by atoms with Crippen LogP contribution in [0.1, 0.15) is 26.7 Å². The zero-order valence-corrected chi connectivity index (χ0v) is 11.9. The highest BCUT2D eigenvalue weighted by molar-refractivity contribution is 5.93. The molecule has 8 nitrogen and oxygen atoms in total. The summed E-state index contributed by atoms with van der Waals surface area (Å²) in [5.41, 5.74) is 0.936. The number of nitrogens with zero attached hydrogens (tertiary/aromatic N) is 1. The van der Waals surface area contributed by atoms with Crippen molar-refractivity contribution in [3.8, 4) is 0 Å². The molecule has 0 radical (unpaired) electrons. The molecule has 3 rings (SSSR count). The molecule has 0 saturated heterocycles. The fourth-order valence-corrected chi connectivity index (χ4v) is 2.19. The average molecular weight is 317 g/mol. The number of fused-ring (bicyclic) bond motifs is 1. The van der Waals surface area contributed by atoms with Crippen LogP contribution in [0, 0.1) is 0 Å². The fraction of sp³-hybridized carbons (Fsp3) is 0.133. The summed E-state index contributed by atoms with van der Waals surface area (Å²) in [5.74, 6) is -2.30. The molecule has 0 aliphatic heterocycles. The van der Waals surface area contributed by atoms with E-state index < -0.39 is 17.7 Å². The lowest BCUT2D eigenvalue weighted by Crippen LogP contribution is -2.14. The van der Waals surface area contributed by atoms with Crippen molar-refractivity contribution >= 4 is 23.0 Å². The van der Waals surface area contributed by atoms with Crippen LogP contribution in [-0.2, 0) is 11.3 Å². The van der Waals surface area contributed by atoms with Gasteiger partial charge in [-0.15, -0.1) is 0 Å². The van der Waals surface area contributed by atoms with E-state index in [2.05, 4.69) is 4.74 Å². The van der Waals surface area contributed by atoms with Crippen molar-refractivity contribution in [1.82, 2.24) is 4.57 Å². The summed E-state index contributed by atoms with van der Waals surface area (Å²) >= 11 is 0. The van der Waals surface area contributed by atoms with Gasteiger partial charge in [-0.2, -0.15) is 0 Å². The van der Waals surface area contributed by atoms with Crippen molar-refractivity contribution in [2.45, 2.75) is 6.54 Å². The minimum atomic E-state index is -1.19. The molecule has 1 N–H and O–H groups in total. The molecule has 2 aromatic heterocycles. The van der Waals surface area contributed by atoms with Crippen LogP contribution in [-0.4, -0.2) is 28.7 Å². The van der Waals surface area contributed by atoms with E-state index >= 15 is 0 Å². The highest BCUT2D eigenvalue weighted by Gasteiger charge is 2.15. The molecule has 0 spiro atoms. The van der Waals surface area contributed by atoms with Gasteiger partial charge < -0.3 is 18.7 Å². The number of aromatic nitrogens is 1. The summed E-state index contributed by atoms with van der Waals surface area (Å²) in [7, 11) is 1.25. The predicted octanol–water partition coefficient (Wildman–Crippen LogP) is 1.72. The van der Waals surface area contributed by atoms with Crippen LogP contribution in [0.15, 0.2) is 44.0 Å². The van der Waals surface area contributed by atoms with E-state index in [9.17, 15) is 14.4 Å². The molecule has 8 heteroatoms. The lowest BCUT2D eigenvalue weighted by atomic mass is 10.2. The molecular weight excluding hydrogens is 306 g/mol. The first-order valence-electron chi connectivity index (χ1n) is 6.53. The lowest BCUT2D eigenvalue weighted by molar-refractivity contribution is 0.0599. The molecule has 0 aliphatic rings. The Bertz CT molecular complexity index is 960. The smallest absolute Gasteiger partial charge is 0.420 e. The summed E-state index contributed by atoms with van der Waals surface area (Å²) < 4.78 is 16.1. The van der Waals surface area contributed by atoms with Gasteiger partial charge in [0.15, 0.2) is 5.58 Å². The number of benzene rings is 1. The van der Waals surface area contributed by atoms with Crippen molar-refractivity contribution in [2.75, 3.05) is 7.11 Å². The fourth-order valence-electron chi connectivity index (χ4n) is 2.19. The van der Waals surface area contributed by atoms with Crippen molar-refractivity contribution in [2.24, 2.45) is 0 Å². The van der Waals surface area contributed by atoms with Crippen LogP contribution in [0.2, 0.25) is 0 Å². The van der Waals surface area contributed by atoms with Gasteiger partial charge in [0, 0.05) is 0 Å². The summed E-state index contributed by atoms with van der Waals surface area (Å²) in [6.45, 7) is 0.0106. The van der Waals surface area contributed by atoms with E-state index in [-0.39, 0.29) is 23.5 Å². The minimum absolute atomic E-state index is 0.0106. The van der Waals surface area contributed by atoms with Crippen LogP contribution in [0.25, 0.3) is 11.1 Å². The number of rotatable bonds is 4. The number of ether oxygens (including phenoxy) is 1.